The van der Waals surface area contributed by atoms with Crippen molar-refractivity contribution in [1.82, 2.24) is 5.32 Å². The second-order valence-electron chi connectivity index (χ2n) is 2.57. The number of halogens is 4. The molecule has 74 valence electrons. The predicted octanol–water partition coefficient (Wildman–Crippen LogP) is 1.44. The van der Waals surface area contributed by atoms with E-state index < -0.39 is 23.3 Å². The van der Waals surface area contributed by atoms with Crippen LogP contribution < -0.4 is 5.32 Å². The zero-order chi connectivity index (χ0) is 10.3. The van der Waals surface area contributed by atoms with Gasteiger partial charge in [0.15, 0.2) is 0 Å². The molecule has 6 heteroatoms. The van der Waals surface area contributed by atoms with Gasteiger partial charge in [-0.25, -0.2) is 0 Å². The van der Waals surface area contributed by atoms with Crippen LogP contribution in [0.15, 0.2) is 16.8 Å². The Hall–Kier alpha value is -1.07. The van der Waals surface area contributed by atoms with E-state index in [9.17, 15) is 17.6 Å². The highest BCUT2D eigenvalue weighted by Gasteiger charge is 2.65. The second-order valence-corrected chi connectivity index (χ2v) is 2.57. The molecule has 0 radical (unpaired) electrons. The average Bonchev–Trinajstić information content (AvgIpc) is 2.20. The minimum atomic E-state index is -4.21. The molecular formula is C7H8F4N2. The van der Waals surface area contributed by atoms with Gasteiger partial charge in [0.05, 0.1) is 5.70 Å². The van der Waals surface area contributed by atoms with E-state index in [0.717, 1.165) is 14.1 Å². The molecule has 0 saturated carbocycles. The molecule has 0 unspecified atom stereocenters. The van der Waals surface area contributed by atoms with Crippen molar-refractivity contribution in [2.75, 3.05) is 14.1 Å². The van der Waals surface area contributed by atoms with E-state index in [0.29, 0.717) is 6.08 Å². The smallest absolute Gasteiger partial charge is 0.357 e. The van der Waals surface area contributed by atoms with Crippen molar-refractivity contribution in [1.29, 1.82) is 0 Å². The number of allylic oxidation sites excluding steroid dienone is 2. The van der Waals surface area contributed by atoms with Crippen LogP contribution in [0, 0.1) is 0 Å². The lowest BCUT2D eigenvalue weighted by Crippen LogP contribution is -2.44. The maximum Gasteiger partial charge on any atom is 0.357 e. The molecule has 2 nitrogen and oxygen atoms in total. The fourth-order valence-electron chi connectivity index (χ4n) is 1.08. The molecular weight excluding hydrogens is 188 g/mol. The van der Waals surface area contributed by atoms with E-state index in [1.807, 2.05) is 5.32 Å². The zero-order valence-electron chi connectivity index (χ0n) is 7.04. The Morgan fingerprint density at radius 3 is 2.00 bits per heavy atom. The summed E-state index contributed by atoms with van der Waals surface area (Å²) in [6, 6.07) is 0. The molecule has 0 atom stereocenters. The molecule has 0 aromatic heterocycles. The molecule has 0 bridgehead atoms. The van der Waals surface area contributed by atoms with E-state index >= 15 is 0 Å². The molecule has 0 aliphatic heterocycles. The van der Waals surface area contributed by atoms with Crippen molar-refractivity contribution >= 4 is 5.71 Å². The first-order valence-electron chi connectivity index (χ1n) is 3.50. The Kier molecular flexibility index (Phi) is 2.09. The van der Waals surface area contributed by atoms with Gasteiger partial charge >= 0.3 is 11.8 Å². The molecule has 1 aliphatic carbocycles. The molecule has 0 spiro atoms. The quantitative estimate of drug-likeness (QED) is 0.630. The van der Waals surface area contributed by atoms with Crippen molar-refractivity contribution in [3.63, 3.8) is 0 Å². The first-order chi connectivity index (χ1) is 5.87. The first kappa shape index (κ1) is 10.0. The lowest BCUT2D eigenvalue weighted by atomic mass is 10.2. The molecule has 0 heterocycles. The van der Waals surface area contributed by atoms with Gasteiger partial charge in [0.1, 0.15) is 5.71 Å². The first-order valence-corrected chi connectivity index (χ1v) is 3.50. The highest BCUT2D eigenvalue weighted by molar-refractivity contribution is 6.05. The zero-order valence-corrected chi connectivity index (χ0v) is 7.04. The Balaban J connectivity index is 3.20. The molecule has 0 saturated heterocycles. The summed E-state index contributed by atoms with van der Waals surface area (Å²) in [7, 11) is 2.21. The van der Waals surface area contributed by atoms with Crippen molar-refractivity contribution in [3.05, 3.63) is 11.8 Å². The summed E-state index contributed by atoms with van der Waals surface area (Å²) in [6.07, 6.45) is 0.667. The minimum Gasteiger partial charge on any atom is -0.386 e. The summed E-state index contributed by atoms with van der Waals surface area (Å²) in [5.74, 6) is -8.39. The third-order valence-corrected chi connectivity index (χ3v) is 1.85. The molecule has 13 heavy (non-hydrogen) atoms. The van der Waals surface area contributed by atoms with Gasteiger partial charge in [-0.3, -0.25) is 4.99 Å². The highest BCUT2D eigenvalue weighted by atomic mass is 19.3. The molecule has 1 rings (SSSR count). The van der Waals surface area contributed by atoms with Gasteiger partial charge in [-0.2, -0.15) is 17.6 Å². The monoisotopic (exact) mass is 196 g/mol. The summed E-state index contributed by atoms with van der Waals surface area (Å²) in [5, 5.41) is 2.02. The van der Waals surface area contributed by atoms with Gasteiger partial charge in [-0.1, -0.05) is 0 Å². The van der Waals surface area contributed by atoms with Crippen molar-refractivity contribution < 1.29 is 17.6 Å². The number of aliphatic imine (C=N–C) groups is 1. The number of nitrogens with one attached hydrogen (secondary N) is 1. The lowest BCUT2D eigenvalue weighted by molar-refractivity contribution is -0.136. The van der Waals surface area contributed by atoms with Crippen molar-refractivity contribution in [2.24, 2.45) is 4.99 Å². The van der Waals surface area contributed by atoms with Crippen LogP contribution in [0.2, 0.25) is 0 Å². The van der Waals surface area contributed by atoms with Crippen LogP contribution >= 0.6 is 0 Å². The summed E-state index contributed by atoms with van der Waals surface area (Å²) in [6.45, 7) is 0. The number of rotatable bonds is 1. The van der Waals surface area contributed by atoms with Crippen LogP contribution in [0.4, 0.5) is 17.6 Å². The van der Waals surface area contributed by atoms with E-state index in [4.69, 9.17) is 0 Å². The summed E-state index contributed by atoms with van der Waals surface area (Å²) >= 11 is 0. The Bertz CT molecular complexity index is 280. The third-order valence-electron chi connectivity index (χ3n) is 1.85. The van der Waals surface area contributed by atoms with Crippen molar-refractivity contribution in [2.45, 2.75) is 11.8 Å². The topological polar surface area (TPSA) is 24.4 Å². The van der Waals surface area contributed by atoms with Gasteiger partial charge in [-0.05, 0) is 6.08 Å². The van der Waals surface area contributed by atoms with Crippen LogP contribution in [0.25, 0.3) is 0 Å². The summed E-state index contributed by atoms with van der Waals surface area (Å²) < 4.78 is 51.4. The predicted molar refractivity (Wildman–Crippen MR) is 40.4 cm³/mol. The van der Waals surface area contributed by atoms with Gasteiger partial charge < -0.3 is 5.32 Å². The Morgan fingerprint density at radius 1 is 1.23 bits per heavy atom. The van der Waals surface area contributed by atoms with Crippen LogP contribution in [-0.2, 0) is 0 Å². The van der Waals surface area contributed by atoms with E-state index in [1.165, 1.54) is 0 Å². The normalized spacial score (nSPS) is 27.5. The van der Waals surface area contributed by atoms with Crippen LogP contribution in [0.3, 0.4) is 0 Å². The Morgan fingerprint density at radius 2 is 1.77 bits per heavy atom. The average molecular weight is 196 g/mol. The maximum absolute atomic E-state index is 12.9. The van der Waals surface area contributed by atoms with E-state index in [2.05, 4.69) is 4.99 Å². The summed E-state index contributed by atoms with van der Waals surface area (Å²) in [4.78, 5) is 3.10. The maximum atomic E-state index is 12.9. The van der Waals surface area contributed by atoms with Crippen LogP contribution in [-0.4, -0.2) is 31.7 Å². The standard InChI is InChI=1S/C7H8F4N2/c1-12-4-3-5(13-2)7(10,11)6(4,8)9/h3,12H,1-2H3. The molecule has 1 aliphatic rings. The Labute approximate surface area is 72.3 Å². The SMILES string of the molecule is CN=C1C=C(NC)C(F)(F)C1(F)F. The molecule has 1 N–H and O–H groups in total. The van der Waals surface area contributed by atoms with Gasteiger partial charge in [0.25, 0.3) is 0 Å². The number of hydrogen-bond acceptors (Lipinski definition) is 2. The van der Waals surface area contributed by atoms with Crippen LogP contribution in [0.5, 0.6) is 0 Å². The lowest BCUT2D eigenvalue weighted by Gasteiger charge is -2.21. The molecule has 0 amide bonds. The minimum absolute atomic E-state index is 0.667. The van der Waals surface area contributed by atoms with Gasteiger partial charge in [0, 0.05) is 14.1 Å². The van der Waals surface area contributed by atoms with Crippen molar-refractivity contribution in [3.8, 4) is 0 Å². The van der Waals surface area contributed by atoms with Crippen LogP contribution in [0.1, 0.15) is 0 Å². The summed E-state index contributed by atoms with van der Waals surface area (Å²) in [5.41, 5.74) is -1.71. The molecule has 0 aromatic carbocycles. The second kappa shape index (κ2) is 2.71. The molecule has 0 fully saturated rings. The molecule has 0 aromatic rings. The van der Waals surface area contributed by atoms with Gasteiger partial charge in [-0.15, -0.1) is 0 Å². The number of hydrogen-bond donors (Lipinski definition) is 1. The number of nitrogens with zero attached hydrogens (tertiary/aromatic N) is 1. The third kappa shape index (κ3) is 1.12. The fourth-order valence-corrected chi connectivity index (χ4v) is 1.08. The number of alkyl halides is 4. The van der Waals surface area contributed by atoms with E-state index in [1.54, 1.807) is 0 Å². The van der Waals surface area contributed by atoms with E-state index in [-0.39, 0.29) is 0 Å². The highest BCUT2D eigenvalue weighted by Crippen LogP contribution is 2.44. The largest absolute Gasteiger partial charge is 0.386 e. The van der Waals surface area contributed by atoms with Gasteiger partial charge in [0.2, 0.25) is 0 Å². The fraction of sp³-hybridized carbons (Fsp3) is 0.571.